The fraction of sp³-hybridized carbons (Fsp3) is 0.942. The van der Waals surface area contributed by atoms with Gasteiger partial charge in [0.25, 0.3) is 0 Å². The van der Waals surface area contributed by atoms with Gasteiger partial charge in [0.2, 0.25) is 0 Å². The lowest BCUT2D eigenvalue weighted by Gasteiger charge is -2.21. The van der Waals surface area contributed by atoms with E-state index in [1.54, 1.807) is 0 Å². The third kappa shape index (κ3) is 62.8. The molecule has 0 aromatic carbocycles. The van der Waals surface area contributed by atoms with Crippen molar-refractivity contribution in [2.24, 2.45) is 23.7 Å². The van der Waals surface area contributed by atoms with Gasteiger partial charge in [0, 0.05) is 25.7 Å². The second-order valence-corrected chi connectivity index (χ2v) is 29.7. The molecule has 0 spiro atoms. The van der Waals surface area contributed by atoms with Crippen LogP contribution in [-0.2, 0) is 65.4 Å². The molecule has 0 radical (unpaired) electrons. The third-order valence-electron chi connectivity index (χ3n) is 15.8. The lowest BCUT2D eigenvalue weighted by molar-refractivity contribution is -0.161. The smallest absolute Gasteiger partial charge is 0.462 e. The molecule has 3 N–H and O–H groups in total. The van der Waals surface area contributed by atoms with Crippen LogP contribution in [0.4, 0.5) is 0 Å². The van der Waals surface area contributed by atoms with Gasteiger partial charge in [-0.25, -0.2) is 9.13 Å². The van der Waals surface area contributed by atoms with Gasteiger partial charge < -0.3 is 33.8 Å². The normalized spacial score (nSPS) is 14.3. The zero-order chi connectivity index (χ0) is 65.4. The Balaban J connectivity index is 5.20. The number of hydrogen-bond acceptors (Lipinski definition) is 15. The van der Waals surface area contributed by atoms with E-state index in [2.05, 4.69) is 55.4 Å². The molecule has 17 nitrogen and oxygen atoms in total. The topological polar surface area (TPSA) is 237 Å². The average Bonchev–Trinajstić information content (AvgIpc) is 3.35. The highest BCUT2D eigenvalue weighted by atomic mass is 31.2. The number of phosphoric ester groups is 2. The van der Waals surface area contributed by atoms with E-state index >= 15 is 0 Å². The van der Waals surface area contributed by atoms with E-state index in [1.807, 2.05) is 0 Å². The van der Waals surface area contributed by atoms with Crippen LogP contribution in [0.15, 0.2) is 0 Å². The van der Waals surface area contributed by atoms with E-state index in [-0.39, 0.29) is 25.7 Å². The molecule has 0 amide bonds. The van der Waals surface area contributed by atoms with Gasteiger partial charge in [-0.15, -0.1) is 0 Å². The summed E-state index contributed by atoms with van der Waals surface area (Å²) in [6.45, 7) is 14.0. The number of rotatable bonds is 66. The maximum atomic E-state index is 13.0. The number of unbranched alkanes of at least 4 members (excludes halogenated alkanes) is 32. The third-order valence-corrected chi connectivity index (χ3v) is 17.7. The minimum atomic E-state index is -4.95. The summed E-state index contributed by atoms with van der Waals surface area (Å²) in [4.78, 5) is 72.4. The minimum Gasteiger partial charge on any atom is -0.462 e. The maximum absolute atomic E-state index is 13.0. The Labute approximate surface area is 537 Å². The van der Waals surface area contributed by atoms with Crippen molar-refractivity contribution in [3.8, 4) is 0 Å². The summed E-state index contributed by atoms with van der Waals surface area (Å²) in [5, 5.41) is 10.6. The van der Waals surface area contributed by atoms with Crippen LogP contribution in [0.2, 0.25) is 0 Å². The molecule has 0 aliphatic carbocycles. The largest absolute Gasteiger partial charge is 0.472 e. The van der Waals surface area contributed by atoms with Crippen molar-refractivity contribution in [3.63, 3.8) is 0 Å². The highest BCUT2D eigenvalue weighted by molar-refractivity contribution is 7.47. The van der Waals surface area contributed by atoms with Crippen molar-refractivity contribution < 1.29 is 80.2 Å². The number of carbonyl (C=O) groups excluding carboxylic acids is 4. The molecule has 19 heteroatoms. The Morgan fingerprint density at radius 2 is 0.477 bits per heavy atom. The van der Waals surface area contributed by atoms with Crippen LogP contribution in [0.3, 0.4) is 0 Å². The molecular formula is C69H134O17P2. The van der Waals surface area contributed by atoms with Crippen LogP contribution < -0.4 is 0 Å². The Bertz CT molecular complexity index is 1750. The molecule has 0 bridgehead atoms. The molecule has 0 fully saturated rings. The summed E-state index contributed by atoms with van der Waals surface area (Å²) in [6, 6.07) is 0. The van der Waals surface area contributed by atoms with E-state index < -0.39 is 97.5 Å². The van der Waals surface area contributed by atoms with Gasteiger partial charge in [-0.1, -0.05) is 287 Å². The van der Waals surface area contributed by atoms with E-state index in [4.69, 9.17) is 37.0 Å². The van der Waals surface area contributed by atoms with Crippen LogP contribution in [0, 0.1) is 23.7 Å². The molecule has 0 saturated heterocycles. The summed E-state index contributed by atoms with van der Waals surface area (Å²) in [7, 11) is -9.90. The highest BCUT2D eigenvalue weighted by Gasteiger charge is 2.30. The van der Waals surface area contributed by atoms with E-state index in [0.717, 1.165) is 108 Å². The number of aliphatic hydroxyl groups is 1. The maximum Gasteiger partial charge on any atom is 0.472 e. The fourth-order valence-corrected chi connectivity index (χ4v) is 11.9. The molecule has 0 heterocycles. The van der Waals surface area contributed by atoms with Crippen molar-refractivity contribution in [2.75, 3.05) is 39.6 Å². The number of phosphoric acid groups is 2. The first-order chi connectivity index (χ1) is 42.1. The van der Waals surface area contributed by atoms with Crippen molar-refractivity contribution in [2.45, 2.75) is 356 Å². The van der Waals surface area contributed by atoms with Gasteiger partial charge in [0.05, 0.1) is 26.4 Å². The molecule has 3 unspecified atom stereocenters. The lowest BCUT2D eigenvalue weighted by Crippen LogP contribution is -2.30. The Morgan fingerprint density at radius 3 is 0.705 bits per heavy atom. The highest BCUT2D eigenvalue weighted by Crippen LogP contribution is 2.45. The minimum absolute atomic E-state index is 0.101. The van der Waals surface area contributed by atoms with Gasteiger partial charge in [0.15, 0.2) is 12.2 Å². The summed E-state index contributed by atoms with van der Waals surface area (Å²) in [5.41, 5.74) is 0. The molecule has 522 valence electrons. The predicted molar refractivity (Wildman–Crippen MR) is 354 cm³/mol. The van der Waals surface area contributed by atoms with Crippen molar-refractivity contribution in [1.29, 1.82) is 0 Å². The zero-order valence-electron chi connectivity index (χ0n) is 57.3. The molecule has 5 atom stereocenters. The van der Waals surface area contributed by atoms with Gasteiger partial charge >= 0.3 is 39.5 Å². The second kappa shape index (κ2) is 58.8. The molecule has 0 aliphatic rings. The van der Waals surface area contributed by atoms with E-state index in [0.29, 0.717) is 37.5 Å². The van der Waals surface area contributed by atoms with Crippen LogP contribution >= 0.6 is 15.6 Å². The molecular weight excluding hydrogens is 1160 g/mol. The standard InChI is InChI=1S/C69H134O17P2/c1-59(2)45-37-29-21-16-14-12-10-9-11-13-15-17-25-35-43-51-68(73)85-64(55-80-67(72)50-42-34-26-20-23-31-39-47-61(5)6)57-83-87(75,76)81-53-63(70)54-82-88(77,78)84-58-65(86-69(74)52-44-36-28-27-32-40-48-62(7)8)56-79-66(71)49-41-33-24-19-18-22-30-38-46-60(3)4/h59-65,70H,9-58H2,1-8H3,(H,75,76)(H,77,78)/t63?,64-,65-/m1/s1. The average molecular weight is 1300 g/mol. The number of aliphatic hydroxyl groups excluding tert-OH is 1. The van der Waals surface area contributed by atoms with Gasteiger partial charge in [-0.3, -0.25) is 37.3 Å². The van der Waals surface area contributed by atoms with Crippen LogP contribution in [0.1, 0.15) is 338 Å². The van der Waals surface area contributed by atoms with Crippen molar-refractivity contribution in [1.82, 2.24) is 0 Å². The number of ether oxygens (including phenoxy) is 4. The predicted octanol–water partition coefficient (Wildman–Crippen LogP) is 19.3. The summed E-state index contributed by atoms with van der Waals surface area (Å²) in [5.74, 6) is 0.767. The van der Waals surface area contributed by atoms with Crippen LogP contribution in [0.5, 0.6) is 0 Å². The summed E-state index contributed by atoms with van der Waals surface area (Å²) in [6.07, 6.45) is 40.7. The Morgan fingerprint density at radius 1 is 0.284 bits per heavy atom. The summed E-state index contributed by atoms with van der Waals surface area (Å²) >= 11 is 0. The van der Waals surface area contributed by atoms with Crippen LogP contribution in [-0.4, -0.2) is 96.7 Å². The molecule has 0 rings (SSSR count). The fourth-order valence-electron chi connectivity index (χ4n) is 10.3. The SMILES string of the molecule is CC(C)CCCCCCCCCCCCCCCCCC(=O)O[C@H](COC(=O)CCCCCCCCCC(C)C)COP(=O)(O)OCC(O)COP(=O)(O)OC[C@@H](COC(=O)CCCCCCCCCCC(C)C)OC(=O)CCCCCCCCC(C)C. The van der Waals surface area contributed by atoms with Crippen molar-refractivity contribution in [3.05, 3.63) is 0 Å². The Kier molecular flexibility index (Phi) is 57.6. The zero-order valence-corrected chi connectivity index (χ0v) is 59.1. The second-order valence-electron chi connectivity index (χ2n) is 26.8. The molecule has 0 aliphatic heterocycles. The lowest BCUT2D eigenvalue weighted by atomic mass is 10.0. The molecule has 0 saturated carbocycles. The van der Waals surface area contributed by atoms with Gasteiger partial charge in [0.1, 0.15) is 19.3 Å². The van der Waals surface area contributed by atoms with E-state index in [9.17, 15) is 43.2 Å². The van der Waals surface area contributed by atoms with Crippen LogP contribution in [0.25, 0.3) is 0 Å². The Hall–Kier alpha value is -1.94. The van der Waals surface area contributed by atoms with Gasteiger partial charge in [-0.05, 0) is 49.4 Å². The first kappa shape index (κ1) is 86.1. The number of esters is 4. The van der Waals surface area contributed by atoms with Gasteiger partial charge in [-0.2, -0.15) is 0 Å². The van der Waals surface area contributed by atoms with E-state index in [1.165, 1.54) is 135 Å². The monoisotopic (exact) mass is 1300 g/mol. The first-order valence-corrected chi connectivity index (χ1v) is 38.7. The number of carbonyl (C=O) groups is 4. The molecule has 88 heavy (non-hydrogen) atoms. The molecule has 0 aromatic rings. The quantitative estimate of drug-likeness (QED) is 0.0222. The number of hydrogen-bond donors (Lipinski definition) is 3. The molecule has 0 aromatic heterocycles. The first-order valence-electron chi connectivity index (χ1n) is 35.7. The van der Waals surface area contributed by atoms with Crippen molar-refractivity contribution >= 4 is 39.5 Å². The summed E-state index contributed by atoms with van der Waals surface area (Å²) < 4.78 is 68.1.